The molecule has 1 aromatic carbocycles. The molecule has 0 aliphatic carbocycles. The fourth-order valence-electron chi connectivity index (χ4n) is 3.25. The summed E-state index contributed by atoms with van der Waals surface area (Å²) in [4.78, 5) is 0. The lowest BCUT2D eigenvalue weighted by molar-refractivity contribution is -0.320. The van der Waals surface area contributed by atoms with Gasteiger partial charge in [0.15, 0.2) is 12.6 Å². The van der Waals surface area contributed by atoms with E-state index in [0.717, 1.165) is 5.56 Å². The quantitative estimate of drug-likeness (QED) is 0.281. The van der Waals surface area contributed by atoms with E-state index in [1.165, 1.54) is 0 Å². The smallest absolute Gasteiger partial charge is 0.186 e. The number of ether oxygens (including phenoxy) is 4. The summed E-state index contributed by atoms with van der Waals surface area (Å²) >= 11 is 0. The van der Waals surface area contributed by atoms with Crippen molar-refractivity contribution in [3.63, 3.8) is 0 Å². The molecule has 0 bridgehead atoms. The standard InChI is InChI=1S/C19H28O10/c20-11-8-27-18(16(24)13(11)21)28-9-12-14(22)15(23)17(25)19(29-12)26-7-6-10-4-2-1-3-5-10/h1-5,11-25H,6-9H2/t11-,12+,13-,14-,15-,16+,17+,18-,19+/m0/s1. The van der Waals surface area contributed by atoms with Crippen molar-refractivity contribution in [2.75, 3.05) is 19.8 Å². The summed E-state index contributed by atoms with van der Waals surface area (Å²) in [6.45, 7) is -0.325. The van der Waals surface area contributed by atoms with Gasteiger partial charge in [-0.2, -0.15) is 0 Å². The first kappa shape index (κ1) is 22.5. The van der Waals surface area contributed by atoms with Crippen LogP contribution in [0.5, 0.6) is 0 Å². The molecule has 2 fully saturated rings. The molecule has 10 heteroatoms. The largest absolute Gasteiger partial charge is 0.388 e. The Bertz CT molecular complexity index is 616. The van der Waals surface area contributed by atoms with E-state index >= 15 is 0 Å². The molecular formula is C19H28O10. The average molecular weight is 416 g/mol. The van der Waals surface area contributed by atoms with E-state index in [2.05, 4.69) is 0 Å². The predicted octanol–water partition coefficient (Wildman–Crippen LogP) is -2.49. The summed E-state index contributed by atoms with van der Waals surface area (Å²) < 4.78 is 21.6. The zero-order valence-corrected chi connectivity index (χ0v) is 15.7. The first-order valence-electron chi connectivity index (χ1n) is 9.51. The van der Waals surface area contributed by atoms with Crippen LogP contribution in [0, 0.1) is 0 Å². The Hall–Kier alpha value is -1.18. The van der Waals surface area contributed by atoms with Gasteiger partial charge in [-0.3, -0.25) is 0 Å². The van der Waals surface area contributed by atoms with Crippen LogP contribution in [0.25, 0.3) is 0 Å². The minimum absolute atomic E-state index is 0.219. The van der Waals surface area contributed by atoms with Crippen molar-refractivity contribution >= 4 is 0 Å². The zero-order chi connectivity index (χ0) is 21.0. The van der Waals surface area contributed by atoms with Crippen LogP contribution in [0.1, 0.15) is 5.56 Å². The van der Waals surface area contributed by atoms with Gasteiger partial charge in [-0.25, -0.2) is 0 Å². The molecule has 2 heterocycles. The molecule has 6 N–H and O–H groups in total. The number of hydrogen-bond acceptors (Lipinski definition) is 10. The average Bonchev–Trinajstić information content (AvgIpc) is 2.73. The van der Waals surface area contributed by atoms with Crippen molar-refractivity contribution in [1.29, 1.82) is 0 Å². The van der Waals surface area contributed by atoms with Crippen LogP contribution in [0.4, 0.5) is 0 Å². The zero-order valence-electron chi connectivity index (χ0n) is 15.7. The molecule has 3 rings (SSSR count). The van der Waals surface area contributed by atoms with Crippen LogP contribution < -0.4 is 0 Å². The fraction of sp³-hybridized carbons (Fsp3) is 0.684. The third-order valence-electron chi connectivity index (χ3n) is 5.06. The lowest BCUT2D eigenvalue weighted by Crippen LogP contribution is -2.60. The number of aliphatic hydroxyl groups is 6. The van der Waals surface area contributed by atoms with E-state index in [1.807, 2.05) is 30.3 Å². The van der Waals surface area contributed by atoms with Crippen LogP contribution in [0.3, 0.4) is 0 Å². The fourth-order valence-corrected chi connectivity index (χ4v) is 3.25. The van der Waals surface area contributed by atoms with Gasteiger partial charge in [0.1, 0.15) is 42.7 Å². The first-order chi connectivity index (χ1) is 13.9. The SMILES string of the molecule is O[C@H]1[C@@H](O)[C@@H](CO[C@@H]2OC[C@H](O)[C@H](O)[C@H]2O)O[C@@H](OCCc2ccccc2)[C@@H]1O. The van der Waals surface area contributed by atoms with Crippen LogP contribution in [0.15, 0.2) is 30.3 Å². The highest BCUT2D eigenvalue weighted by Crippen LogP contribution is 2.24. The molecule has 0 unspecified atom stereocenters. The monoisotopic (exact) mass is 416 g/mol. The molecule has 10 nitrogen and oxygen atoms in total. The summed E-state index contributed by atoms with van der Waals surface area (Å²) in [5, 5.41) is 59.4. The lowest BCUT2D eigenvalue weighted by Gasteiger charge is -2.41. The van der Waals surface area contributed by atoms with Crippen LogP contribution >= 0.6 is 0 Å². The Labute approximate surface area is 167 Å². The number of rotatable bonds is 7. The van der Waals surface area contributed by atoms with E-state index in [1.54, 1.807) is 0 Å². The minimum Gasteiger partial charge on any atom is -0.388 e. The second kappa shape index (κ2) is 10.2. The molecule has 0 spiro atoms. The maximum atomic E-state index is 10.2. The summed E-state index contributed by atoms with van der Waals surface area (Å²) in [7, 11) is 0. The molecule has 0 radical (unpaired) electrons. The molecule has 164 valence electrons. The molecule has 9 atom stereocenters. The van der Waals surface area contributed by atoms with Gasteiger partial charge in [0.25, 0.3) is 0 Å². The molecule has 0 amide bonds. The van der Waals surface area contributed by atoms with Gasteiger partial charge >= 0.3 is 0 Å². The summed E-state index contributed by atoms with van der Waals surface area (Å²) in [6, 6.07) is 9.54. The van der Waals surface area contributed by atoms with Crippen molar-refractivity contribution in [2.45, 2.75) is 61.7 Å². The van der Waals surface area contributed by atoms with E-state index in [-0.39, 0.29) is 19.8 Å². The van der Waals surface area contributed by atoms with Crippen LogP contribution in [-0.2, 0) is 25.4 Å². The highest BCUT2D eigenvalue weighted by atomic mass is 16.7. The third kappa shape index (κ3) is 5.50. The lowest BCUT2D eigenvalue weighted by atomic mass is 9.99. The highest BCUT2D eigenvalue weighted by Gasteiger charge is 2.45. The molecule has 29 heavy (non-hydrogen) atoms. The van der Waals surface area contributed by atoms with Gasteiger partial charge in [0.2, 0.25) is 0 Å². The topological polar surface area (TPSA) is 158 Å². The normalized spacial score (nSPS) is 40.7. The second-order valence-electron chi connectivity index (χ2n) is 7.20. The third-order valence-corrected chi connectivity index (χ3v) is 5.06. The molecule has 2 aliphatic heterocycles. The molecular weight excluding hydrogens is 388 g/mol. The maximum absolute atomic E-state index is 10.2. The Balaban J connectivity index is 1.51. The highest BCUT2D eigenvalue weighted by molar-refractivity contribution is 5.14. The second-order valence-corrected chi connectivity index (χ2v) is 7.20. The first-order valence-corrected chi connectivity index (χ1v) is 9.51. The van der Waals surface area contributed by atoms with E-state index < -0.39 is 55.3 Å². The van der Waals surface area contributed by atoms with Crippen molar-refractivity contribution in [3.8, 4) is 0 Å². The number of hydrogen-bond donors (Lipinski definition) is 6. The summed E-state index contributed by atoms with van der Waals surface area (Å²) in [5.41, 5.74) is 1.03. The maximum Gasteiger partial charge on any atom is 0.186 e. The van der Waals surface area contributed by atoms with Crippen molar-refractivity contribution in [2.24, 2.45) is 0 Å². The number of aliphatic hydroxyl groups excluding tert-OH is 6. The van der Waals surface area contributed by atoms with Gasteiger partial charge in [0.05, 0.1) is 19.8 Å². The summed E-state index contributed by atoms with van der Waals surface area (Å²) in [5.74, 6) is 0. The Kier molecular flexibility index (Phi) is 7.93. The van der Waals surface area contributed by atoms with Gasteiger partial charge in [-0.15, -0.1) is 0 Å². The van der Waals surface area contributed by atoms with Crippen LogP contribution in [-0.4, -0.2) is 106 Å². The minimum atomic E-state index is -1.52. The predicted molar refractivity (Wildman–Crippen MR) is 96.5 cm³/mol. The molecule has 0 aromatic heterocycles. The molecule has 2 saturated heterocycles. The van der Waals surface area contributed by atoms with Gasteiger partial charge in [-0.05, 0) is 12.0 Å². The molecule has 2 aliphatic rings. The Morgan fingerprint density at radius 3 is 2.21 bits per heavy atom. The van der Waals surface area contributed by atoms with Crippen molar-refractivity contribution < 1.29 is 49.6 Å². The van der Waals surface area contributed by atoms with E-state index in [0.29, 0.717) is 6.42 Å². The van der Waals surface area contributed by atoms with Gasteiger partial charge in [0, 0.05) is 0 Å². The Morgan fingerprint density at radius 1 is 0.793 bits per heavy atom. The summed E-state index contributed by atoms with van der Waals surface area (Å²) in [6.07, 6.45) is -11.5. The van der Waals surface area contributed by atoms with Crippen LogP contribution in [0.2, 0.25) is 0 Å². The number of benzene rings is 1. The van der Waals surface area contributed by atoms with E-state index in [4.69, 9.17) is 18.9 Å². The van der Waals surface area contributed by atoms with E-state index in [9.17, 15) is 30.6 Å². The van der Waals surface area contributed by atoms with Gasteiger partial charge in [-0.1, -0.05) is 30.3 Å². The molecule has 0 saturated carbocycles. The molecule has 1 aromatic rings. The Morgan fingerprint density at radius 2 is 1.48 bits per heavy atom. The van der Waals surface area contributed by atoms with Crippen molar-refractivity contribution in [1.82, 2.24) is 0 Å². The van der Waals surface area contributed by atoms with Gasteiger partial charge < -0.3 is 49.6 Å². The van der Waals surface area contributed by atoms with Crippen molar-refractivity contribution in [3.05, 3.63) is 35.9 Å².